The summed E-state index contributed by atoms with van der Waals surface area (Å²) in [5.74, 6) is 0.906. The van der Waals surface area contributed by atoms with E-state index in [4.69, 9.17) is 4.74 Å². The molecular weight excluding hydrogens is 442 g/mol. The average molecular weight is 464 g/mol. The second-order valence-electron chi connectivity index (χ2n) is 6.35. The molecule has 0 atom stereocenters. The summed E-state index contributed by atoms with van der Waals surface area (Å²) < 4.78 is 5.08. The topological polar surface area (TPSA) is 111 Å². The van der Waals surface area contributed by atoms with Gasteiger partial charge in [0, 0.05) is 11.5 Å². The number of anilines is 1. The third-order valence-electron chi connectivity index (χ3n) is 4.33. The maximum atomic E-state index is 13.0. The molecule has 0 unspecified atom stereocenters. The zero-order valence-electron chi connectivity index (χ0n) is 16.5. The van der Waals surface area contributed by atoms with Crippen molar-refractivity contribution in [2.45, 2.75) is 12.8 Å². The van der Waals surface area contributed by atoms with Crippen LogP contribution in [0.4, 0.5) is 15.3 Å². The molecule has 1 N–H and O–H groups in total. The highest BCUT2D eigenvalue weighted by Gasteiger charge is 2.27. The van der Waals surface area contributed by atoms with E-state index in [1.54, 1.807) is 0 Å². The molecule has 164 valence electrons. The van der Waals surface area contributed by atoms with Gasteiger partial charge in [-0.05, 0) is 36.1 Å². The van der Waals surface area contributed by atoms with E-state index in [0.717, 1.165) is 29.7 Å². The number of ether oxygens (including phenoxy) is 1. The average Bonchev–Trinajstić information content (AvgIpc) is 2.92. The number of alkyl carbamates (subject to hydrolysis) is 1. The van der Waals surface area contributed by atoms with Crippen molar-refractivity contribution in [3.8, 4) is 0 Å². The summed E-state index contributed by atoms with van der Waals surface area (Å²) >= 11 is 0. The maximum Gasteiger partial charge on any atom is 0.415 e. The molecule has 1 aromatic rings. The van der Waals surface area contributed by atoms with E-state index in [9.17, 15) is 19.7 Å². The first-order valence-corrected chi connectivity index (χ1v) is 12.0. The Morgan fingerprint density at radius 1 is 1.13 bits per heavy atom. The Labute approximate surface area is 187 Å². The first kappa shape index (κ1) is 22.8. The van der Waals surface area contributed by atoms with Crippen molar-refractivity contribution in [2.75, 3.05) is 29.6 Å². The molecule has 0 saturated heterocycles. The molecule has 0 bridgehead atoms. The molecule has 2 aliphatic rings. The number of carbonyl (C=O) groups excluding carboxylic acids is 2. The molecule has 0 fully saturated rings. The predicted molar refractivity (Wildman–Crippen MR) is 121 cm³/mol. The molecule has 31 heavy (non-hydrogen) atoms. The normalized spacial score (nSPS) is 14.4. The lowest BCUT2D eigenvalue weighted by Crippen LogP contribution is -2.43. The van der Waals surface area contributed by atoms with Crippen molar-refractivity contribution in [2.24, 2.45) is 0 Å². The van der Waals surface area contributed by atoms with E-state index >= 15 is 0 Å². The minimum atomic E-state index is -0.837. The summed E-state index contributed by atoms with van der Waals surface area (Å²) in [5, 5.41) is 11.5. The molecule has 0 saturated carbocycles. The fourth-order valence-electron chi connectivity index (χ4n) is 3.04. The zero-order chi connectivity index (χ0) is 22.1. The molecule has 11 heteroatoms. The number of nitrogens with one attached hydrogen (secondary N) is 1. The number of urea groups is 1. The standard InChI is InChI=1S/C20H21N3O6S2/c24-19(21-20(25)28-11-13-30-31-14-12-29-23(26)27)22-17-7-3-1-5-15(17)9-10-16-6-2-4-8-18(16)22/h1,3-5,7-10H,2,6,11-14H2,(H,21,24,25). The Morgan fingerprint density at radius 2 is 1.90 bits per heavy atom. The SMILES string of the molecule is O=C(NC(=O)N1C2=C(C=Cc3ccccc31)CCC=C2)OCCSSCCO[N+](=O)[O-]. The summed E-state index contributed by atoms with van der Waals surface area (Å²) in [7, 11) is 2.76. The van der Waals surface area contributed by atoms with Crippen LogP contribution in [0.5, 0.6) is 0 Å². The number of imide groups is 1. The molecule has 3 amide bonds. The number of hydrogen-bond donors (Lipinski definition) is 1. The van der Waals surface area contributed by atoms with E-state index in [1.807, 2.05) is 48.6 Å². The fourth-order valence-corrected chi connectivity index (χ4v) is 4.68. The third-order valence-corrected chi connectivity index (χ3v) is 6.66. The molecule has 1 heterocycles. The molecule has 9 nitrogen and oxygen atoms in total. The predicted octanol–water partition coefficient (Wildman–Crippen LogP) is 4.56. The van der Waals surface area contributed by atoms with Gasteiger partial charge in [0.25, 0.3) is 5.09 Å². The van der Waals surface area contributed by atoms with Gasteiger partial charge in [-0.15, -0.1) is 10.1 Å². The van der Waals surface area contributed by atoms with Crippen molar-refractivity contribution in [3.63, 3.8) is 0 Å². The summed E-state index contributed by atoms with van der Waals surface area (Å²) in [4.78, 5) is 40.8. The van der Waals surface area contributed by atoms with E-state index in [2.05, 4.69) is 10.2 Å². The number of fused-ring (bicyclic) bond motifs is 1. The summed E-state index contributed by atoms with van der Waals surface area (Å²) in [5.41, 5.74) is 3.33. The number of rotatable bonds is 8. The molecular formula is C20H21N3O6S2. The Hall–Kier alpha value is -2.92. The van der Waals surface area contributed by atoms with Gasteiger partial charge in [-0.3, -0.25) is 4.90 Å². The molecule has 1 aliphatic heterocycles. The summed E-state index contributed by atoms with van der Waals surface area (Å²) in [6.45, 7) is 0.0951. The van der Waals surface area contributed by atoms with Crippen LogP contribution in [0, 0.1) is 10.1 Å². The van der Waals surface area contributed by atoms with E-state index < -0.39 is 17.2 Å². The van der Waals surface area contributed by atoms with Crippen LogP contribution in [0.25, 0.3) is 6.08 Å². The fraction of sp³-hybridized carbons (Fsp3) is 0.300. The number of allylic oxidation sites excluding steroid dienone is 4. The van der Waals surface area contributed by atoms with Crippen LogP contribution in [0.2, 0.25) is 0 Å². The lowest BCUT2D eigenvalue weighted by atomic mass is 10.0. The van der Waals surface area contributed by atoms with Gasteiger partial charge in [-0.25, -0.2) is 14.9 Å². The molecule has 0 radical (unpaired) electrons. The first-order chi connectivity index (χ1) is 15.1. The number of benzene rings is 1. The number of hydrogen-bond acceptors (Lipinski definition) is 8. The zero-order valence-corrected chi connectivity index (χ0v) is 18.2. The van der Waals surface area contributed by atoms with Crippen LogP contribution in [0.1, 0.15) is 18.4 Å². The van der Waals surface area contributed by atoms with Gasteiger partial charge in [0.15, 0.2) is 0 Å². The quantitative estimate of drug-likeness (QED) is 0.258. The monoisotopic (exact) mass is 463 g/mol. The Balaban J connectivity index is 1.52. The van der Waals surface area contributed by atoms with E-state index in [1.165, 1.54) is 26.5 Å². The number of nitrogens with zero attached hydrogens (tertiary/aromatic N) is 2. The molecule has 0 aromatic heterocycles. The summed E-state index contributed by atoms with van der Waals surface area (Å²) in [6, 6.07) is 6.90. The van der Waals surface area contributed by atoms with Crippen LogP contribution in [0.15, 0.2) is 53.8 Å². The second-order valence-corrected chi connectivity index (χ2v) is 9.05. The van der Waals surface area contributed by atoms with Crippen molar-refractivity contribution < 1.29 is 24.3 Å². The van der Waals surface area contributed by atoms with Gasteiger partial charge < -0.3 is 9.57 Å². The van der Waals surface area contributed by atoms with Crippen LogP contribution < -0.4 is 10.2 Å². The molecule has 0 spiro atoms. The number of amides is 3. The lowest BCUT2D eigenvalue weighted by molar-refractivity contribution is -0.756. The van der Waals surface area contributed by atoms with Crippen molar-refractivity contribution in [3.05, 3.63) is 69.4 Å². The van der Waals surface area contributed by atoms with Crippen LogP contribution >= 0.6 is 21.6 Å². The van der Waals surface area contributed by atoms with Gasteiger partial charge in [-0.2, -0.15) is 0 Å². The van der Waals surface area contributed by atoms with Crippen LogP contribution in [0.3, 0.4) is 0 Å². The highest BCUT2D eigenvalue weighted by atomic mass is 33.1. The second kappa shape index (κ2) is 11.5. The smallest absolute Gasteiger partial charge is 0.415 e. The van der Waals surface area contributed by atoms with Gasteiger partial charge in [0.1, 0.15) is 13.2 Å². The minimum absolute atomic E-state index is 0.00103. The minimum Gasteiger partial charge on any atom is -0.448 e. The number of para-hydroxylation sites is 1. The van der Waals surface area contributed by atoms with E-state index in [-0.39, 0.29) is 13.2 Å². The highest BCUT2D eigenvalue weighted by Crippen LogP contribution is 2.34. The van der Waals surface area contributed by atoms with Gasteiger partial charge in [0.2, 0.25) is 0 Å². The Morgan fingerprint density at radius 3 is 2.71 bits per heavy atom. The van der Waals surface area contributed by atoms with Crippen molar-refractivity contribution in [1.29, 1.82) is 0 Å². The largest absolute Gasteiger partial charge is 0.448 e. The summed E-state index contributed by atoms with van der Waals surface area (Å²) in [6.07, 6.45) is 8.76. The Bertz CT molecular complexity index is 931. The maximum absolute atomic E-state index is 13.0. The highest BCUT2D eigenvalue weighted by molar-refractivity contribution is 8.76. The van der Waals surface area contributed by atoms with Gasteiger partial charge in [0.05, 0.1) is 11.4 Å². The van der Waals surface area contributed by atoms with E-state index in [0.29, 0.717) is 17.2 Å². The van der Waals surface area contributed by atoms with Crippen molar-refractivity contribution >= 4 is 45.5 Å². The number of carbonyl (C=O) groups is 2. The van der Waals surface area contributed by atoms with Gasteiger partial charge >= 0.3 is 12.1 Å². The Kier molecular flexibility index (Phi) is 8.42. The molecule has 1 aromatic carbocycles. The van der Waals surface area contributed by atoms with Crippen LogP contribution in [-0.2, 0) is 9.57 Å². The van der Waals surface area contributed by atoms with Crippen molar-refractivity contribution in [1.82, 2.24) is 5.32 Å². The lowest BCUT2D eigenvalue weighted by Gasteiger charge is -2.27. The first-order valence-electron chi connectivity index (χ1n) is 9.52. The van der Waals surface area contributed by atoms with Gasteiger partial charge in [-0.1, -0.05) is 58.0 Å². The third kappa shape index (κ3) is 6.53. The molecule has 1 aliphatic carbocycles. The molecule has 3 rings (SSSR count). The van der Waals surface area contributed by atoms with Crippen LogP contribution in [-0.4, -0.2) is 41.9 Å².